The number of benzene rings is 1. The van der Waals surface area contributed by atoms with Gasteiger partial charge in [-0.15, -0.1) is 0 Å². The molecule has 0 aromatic heterocycles. The number of esters is 1. The van der Waals surface area contributed by atoms with Crippen molar-refractivity contribution in [2.24, 2.45) is 5.92 Å². The maximum Gasteiger partial charge on any atom is 0.311 e. The summed E-state index contributed by atoms with van der Waals surface area (Å²) in [4.78, 5) is 11.6. The summed E-state index contributed by atoms with van der Waals surface area (Å²) < 4.78 is 4.94. The minimum absolute atomic E-state index is 0.332. The van der Waals surface area contributed by atoms with Gasteiger partial charge >= 0.3 is 5.97 Å². The molecule has 0 saturated heterocycles. The highest BCUT2D eigenvalue weighted by atomic mass is 16.5. The van der Waals surface area contributed by atoms with Gasteiger partial charge in [0.2, 0.25) is 0 Å². The van der Waals surface area contributed by atoms with Gasteiger partial charge in [0.1, 0.15) is 0 Å². The highest BCUT2D eigenvalue weighted by molar-refractivity contribution is 5.73. The maximum absolute atomic E-state index is 11.6. The maximum atomic E-state index is 11.6. The van der Waals surface area contributed by atoms with Crippen LogP contribution in [-0.2, 0) is 9.53 Å². The summed E-state index contributed by atoms with van der Waals surface area (Å²) in [6.07, 6.45) is -0.222. The molecule has 3 heteroatoms. The molecule has 0 spiro atoms. The van der Waals surface area contributed by atoms with E-state index in [0.717, 1.165) is 5.56 Å². The van der Waals surface area contributed by atoms with Gasteiger partial charge in [-0.3, -0.25) is 4.79 Å². The van der Waals surface area contributed by atoms with Crippen LogP contribution < -0.4 is 0 Å². The molecule has 0 saturated carbocycles. The predicted octanol–water partition coefficient (Wildman–Crippen LogP) is 2.31. The molecule has 16 heavy (non-hydrogen) atoms. The first-order chi connectivity index (χ1) is 7.70. The van der Waals surface area contributed by atoms with Gasteiger partial charge < -0.3 is 9.84 Å². The fourth-order valence-electron chi connectivity index (χ4n) is 1.65. The van der Waals surface area contributed by atoms with Crippen LogP contribution in [0.5, 0.6) is 0 Å². The van der Waals surface area contributed by atoms with Crippen molar-refractivity contribution in [1.82, 2.24) is 0 Å². The number of carbonyl (C=O) groups excluding carboxylic acids is 1. The molecule has 0 fully saturated rings. The molecule has 0 radical (unpaired) electrons. The Morgan fingerprint density at radius 3 is 2.44 bits per heavy atom. The van der Waals surface area contributed by atoms with Crippen molar-refractivity contribution in [3.05, 3.63) is 35.9 Å². The van der Waals surface area contributed by atoms with E-state index in [1.54, 1.807) is 6.92 Å². The highest BCUT2D eigenvalue weighted by Gasteiger charge is 2.27. The summed E-state index contributed by atoms with van der Waals surface area (Å²) in [6.45, 7) is 3.98. The molecule has 2 atom stereocenters. The van der Waals surface area contributed by atoms with E-state index in [4.69, 9.17) is 4.74 Å². The lowest BCUT2D eigenvalue weighted by Gasteiger charge is -2.20. The Morgan fingerprint density at radius 1 is 1.31 bits per heavy atom. The van der Waals surface area contributed by atoms with E-state index in [2.05, 4.69) is 0 Å². The average molecular weight is 222 g/mol. The zero-order chi connectivity index (χ0) is 12.0. The number of hydrogen-bond donors (Lipinski definition) is 1. The Bertz CT molecular complexity index is 321. The lowest BCUT2D eigenvalue weighted by molar-refractivity contribution is -0.152. The normalized spacial score (nSPS) is 14.2. The number of carbonyl (C=O) groups is 1. The van der Waals surface area contributed by atoms with Crippen molar-refractivity contribution in [3.63, 3.8) is 0 Å². The van der Waals surface area contributed by atoms with E-state index < -0.39 is 12.0 Å². The molecule has 0 aliphatic carbocycles. The molecule has 0 aliphatic heterocycles. The van der Waals surface area contributed by atoms with Gasteiger partial charge in [0.15, 0.2) is 0 Å². The monoisotopic (exact) mass is 222 g/mol. The second kappa shape index (κ2) is 6.28. The van der Waals surface area contributed by atoms with Crippen LogP contribution in [0.4, 0.5) is 0 Å². The quantitative estimate of drug-likeness (QED) is 0.778. The molecule has 1 N–H and O–H groups in total. The molecule has 0 amide bonds. The number of hydrogen-bond acceptors (Lipinski definition) is 3. The van der Waals surface area contributed by atoms with Crippen LogP contribution in [0, 0.1) is 5.92 Å². The third kappa shape index (κ3) is 3.07. The van der Waals surface area contributed by atoms with Crippen LogP contribution >= 0.6 is 0 Å². The number of aliphatic hydroxyl groups is 1. The van der Waals surface area contributed by atoms with Crippen molar-refractivity contribution < 1.29 is 14.6 Å². The van der Waals surface area contributed by atoms with Gasteiger partial charge in [0, 0.05) is 0 Å². The average Bonchev–Trinajstić information content (AvgIpc) is 2.31. The standard InChI is InChI=1S/C13H18O3/c1-3-11(13(15)16-4-2)12(14)10-8-6-5-7-9-10/h5-9,11-12,14H,3-4H2,1-2H3. The van der Waals surface area contributed by atoms with Crippen LogP contribution in [0.15, 0.2) is 30.3 Å². The molecule has 1 aromatic carbocycles. The minimum atomic E-state index is -0.787. The fourth-order valence-corrected chi connectivity index (χ4v) is 1.65. The summed E-state index contributed by atoms with van der Waals surface area (Å²) in [5, 5.41) is 10.1. The van der Waals surface area contributed by atoms with Gasteiger partial charge in [-0.1, -0.05) is 37.3 Å². The summed E-state index contributed by atoms with van der Waals surface area (Å²) in [6, 6.07) is 9.19. The molecule has 2 unspecified atom stereocenters. The summed E-state index contributed by atoms with van der Waals surface area (Å²) >= 11 is 0. The second-order valence-corrected chi connectivity index (χ2v) is 3.62. The van der Waals surface area contributed by atoms with Crippen molar-refractivity contribution in [2.45, 2.75) is 26.4 Å². The first kappa shape index (κ1) is 12.7. The third-order valence-electron chi connectivity index (χ3n) is 2.55. The molecule has 0 aliphatic rings. The van der Waals surface area contributed by atoms with E-state index in [1.807, 2.05) is 37.3 Å². The Morgan fingerprint density at radius 2 is 1.94 bits per heavy atom. The summed E-state index contributed by atoms with van der Waals surface area (Å²) in [7, 11) is 0. The first-order valence-corrected chi connectivity index (χ1v) is 5.60. The highest BCUT2D eigenvalue weighted by Crippen LogP contribution is 2.25. The lowest BCUT2D eigenvalue weighted by atomic mass is 9.93. The SMILES string of the molecule is CCOC(=O)C(CC)C(O)c1ccccc1. The zero-order valence-corrected chi connectivity index (χ0v) is 9.72. The fraction of sp³-hybridized carbons (Fsp3) is 0.462. The lowest BCUT2D eigenvalue weighted by Crippen LogP contribution is -2.24. The van der Waals surface area contributed by atoms with Gasteiger partial charge in [0.25, 0.3) is 0 Å². The van der Waals surface area contributed by atoms with Crippen molar-refractivity contribution in [2.75, 3.05) is 6.61 Å². The number of rotatable bonds is 5. The van der Waals surface area contributed by atoms with Gasteiger partial charge in [-0.2, -0.15) is 0 Å². The summed E-state index contributed by atoms with van der Waals surface area (Å²) in [5.74, 6) is -0.816. The zero-order valence-electron chi connectivity index (χ0n) is 9.72. The van der Waals surface area contributed by atoms with Crippen LogP contribution in [0.3, 0.4) is 0 Å². The number of aliphatic hydroxyl groups excluding tert-OH is 1. The van der Waals surface area contributed by atoms with E-state index in [1.165, 1.54) is 0 Å². The Labute approximate surface area is 96.1 Å². The molecular formula is C13H18O3. The molecule has 0 heterocycles. The minimum Gasteiger partial charge on any atom is -0.466 e. The van der Waals surface area contributed by atoms with Crippen LogP contribution in [0.25, 0.3) is 0 Å². The Hall–Kier alpha value is -1.35. The second-order valence-electron chi connectivity index (χ2n) is 3.62. The van der Waals surface area contributed by atoms with Gasteiger partial charge in [0.05, 0.1) is 18.6 Å². The Kier molecular flexibility index (Phi) is 4.99. The van der Waals surface area contributed by atoms with Crippen LogP contribution in [0.2, 0.25) is 0 Å². The molecule has 88 valence electrons. The smallest absolute Gasteiger partial charge is 0.311 e. The van der Waals surface area contributed by atoms with Crippen molar-refractivity contribution in [3.8, 4) is 0 Å². The van der Waals surface area contributed by atoms with E-state index in [0.29, 0.717) is 13.0 Å². The number of ether oxygens (including phenoxy) is 1. The van der Waals surface area contributed by atoms with E-state index in [9.17, 15) is 9.90 Å². The molecule has 1 rings (SSSR count). The van der Waals surface area contributed by atoms with Crippen LogP contribution in [-0.4, -0.2) is 17.7 Å². The molecular weight excluding hydrogens is 204 g/mol. The third-order valence-corrected chi connectivity index (χ3v) is 2.55. The van der Waals surface area contributed by atoms with Crippen molar-refractivity contribution in [1.29, 1.82) is 0 Å². The Balaban J connectivity index is 2.77. The van der Waals surface area contributed by atoms with E-state index >= 15 is 0 Å². The molecule has 3 nitrogen and oxygen atoms in total. The largest absolute Gasteiger partial charge is 0.466 e. The first-order valence-electron chi connectivity index (χ1n) is 5.60. The van der Waals surface area contributed by atoms with Crippen molar-refractivity contribution >= 4 is 5.97 Å². The van der Waals surface area contributed by atoms with Crippen LogP contribution in [0.1, 0.15) is 31.9 Å². The van der Waals surface area contributed by atoms with Gasteiger partial charge in [-0.25, -0.2) is 0 Å². The summed E-state index contributed by atoms with van der Waals surface area (Å²) in [5.41, 5.74) is 0.752. The molecule has 1 aromatic rings. The molecule has 0 bridgehead atoms. The predicted molar refractivity (Wildman–Crippen MR) is 61.8 cm³/mol. The topological polar surface area (TPSA) is 46.5 Å². The van der Waals surface area contributed by atoms with E-state index in [-0.39, 0.29) is 5.97 Å². The van der Waals surface area contributed by atoms with Gasteiger partial charge in [-0.05, 0) is 18.9 Å².